The Bertz CT molecular complexity index is 756. The number of carbonyl (C=O) groups excluding carboxylic acids is 2. The third-order valence-corrected chi connectivity index (χ3v) is 5.20. The first-order valence-corrected chi connectivity index (χ1v) is 10.8. The second-order valence-corrected chi connectivity index (χ2v) is 7.51. The van der Waals surface area contributed by atoms with Gasteiger partial charge in [0.05, 0.1) is 25.9 Å². The Morgan fingerprint density at radius 2 is 1.81 bits per heavy atom. The minimum absolute atomic E-state index is 0.0522. The van der Waals surface area contributed by atoms with E-state index in [1.54, 1.807) is 6.08 Å². The molecule has 31 heavy (non-hydrogen) atoms. The van der Waals surface area contributed by atoms with E-state index in [1.165, 1.54) is 12.2 Å². The van der Waals surface area contributed by atoms with Crippen molar-refractivity contribution in [2.45, 2.75) is 50.4 Å². The second-order valence-electron chi connectivity index (χ2n) is 7.51. The summed E-state index contributed by atoms with van der Waals surface area (Å²) in [7, 11) is 0. The number of ether oxygens (including phenoxy) is 5. The molecule has 7 nitrogen and oxygen atoms in total. The first kappa shape index (κ1) is 23.0. The Labute approximate surface area is 183 Å². The summed E-state index contributed by atoms with van der Waals surface area (Å²) in [5.74, 6) is 0.00949. The highest BCUT2D eigenvalue weighted by Crippen LogP contribution is 2.28. The minimum atomic E-state index is -0.399. The van der Waals surface area contributed by atoms with Crippen molar-refractivity contribution in [1.82, 2.24) is 0 Å². The molecule has 2 fully saturated rings. The molecule has 2 aliphatic heterocycles. The van der Waals surface area contributed by atoms with Gasteiger partial charge in [-0.1, -0.05) is 18.7 Å². The molecule has 0 aliphatic carbocycles. The lowest BCUT2D eigenvalue weighted by atomic mass is 10.1. The Hall–Kier alpha value is -2.64. The number of benzene rings is 1. The van der Waals surface area contributed by atoms with Crippen LogP contribution >= 0.6 is 0 Å². The molecule has 168 valence electrons. The van der Waals surface area contributed by atoms with Crippen LogP contribution in [0.3, 0.4) is 0 Å². The summed E-state index contributed by atoms with van der Waals surface area (Å²) in [6.07, 6.45) is 8.51. The maximum Gasteiger partial charge on any atom is 0.331 e. The summed E-state index contributed by atoms with van der Waals surface area (Å²) in [5, 5.41) is 0. The SMILES string of the molecule is C=CC(=O)OCCCCCCOc1ccc(/C=C/C(=O)OC2COC3CCOC32)cc1. The van der Waals surface area contributed by atoms with E-state index >= 15 is 0 Å². The monoisotopic (exact) mass is 430 g/mol. The summed E-state index contributed by atoms with van der Waals surface area (Å²) in [5.41, 5.74) is 0.885. The lowest BCUT2D eigenvalue weighted by molar-refractivity contribution is -0.147. The van der Waals surface area contributed by atoms with Gasteiger partial charge in [-0.05, 0) is 55.9 Å². The topological polar surface area (TPSA) is 80.3 Å². The lowest BCUT2D eigenvalue weighted by Gasteiger charge is -2.15. The van der Waals surface area contributed by atoms with Gasteiger partial charge in [0, 0.05) is 18.8 Å². The van der Waals surface area contributed by atoms with Crippen LogP contribution in [0.25, 0.3) is 6.08 Å². The first-order valence-electron chi connectivity index (χ1n) is 10.8. The van der Waals surface area contributed by atoms with Crippen LogP contribution in [-0.2, 0) is 28.5 Å². The molecule has 0 amide bonds. The fourth-order valence-corrected chi connectivity index (χ4v) is 3.54. The highest BCUT2D eigenvalue weighted by molar-refractivity contribution is 5.87. The van der Waals surface area contributed by atoms with Crippen LogP contribution < -0.4 is 4.74 Å². The standard InChI is InChI=1S/C24H30O7/c1-2-22(25)28-15-6-4-3-5-14-27-19-10-7-18(8-11-19)9-12-23(26)31-21-17-30-20-13-16-29-24(20)21/h2,7-12,20-21,24H,1,3-6,13-17H2/b12-9+. The van der Waals surface area contributed by atoms with E-state index in [9.17, 15) is 9.59 Å². The normalized spacial score (nSPS) is 22.3. The van der Waals surface area contributed by atoms with Gasteiger partial charge in [-0.15, -0.1) is 0 Å². The van der Waals surface area contributed by atoms with Crippen LogP contribution in [0.2, 0.25) is 0 Å². The van der Waals surface area contributed by atoms with E-state index in [0.29, 0.717) is 26.4 Å². The Kier molecular flexibility index (Phi) is 9.12. The van der Waals surface area contributed by atoms with Crippen molar-refractivity contribution in [2.24, 2.45) is 0 Å². The van der Waals surface area contributed by atoms with Gasteiger partial charge in [-0.2, -0.15) is 0 Å². The largest absolute Gasteiger partial charge is 0.494 e. The average molecular weight is 430 g/mol. The van der Waals surface area contributed by atoms with Gasteiger partial charge in [0.25, 0.3) is 0 Å². The molecule has 2 aliphatic rings. The summed E-state index contributed by atoms with van der Waals surface area (Å²) >= 11 is 0. The van der Waals surface area contributed by atoms with Crippen molar-refractivity contribution in [3.05, 3.63) is 48.6 Å². The number of esters is 2. The molecular formula is C24H30O7. The molecule has 7 heteroatoms. The third-order valence-electron chi connectivity index (χ3n) is 5.20. The molecule has 3 unspecified atom stereocenters. The fourth-order valence-electron chi connectivity index (χ4n) is 3.54. The van der Waals surface area contributed by atoms with Crippen molar-refractivity contribution in [1.29, 1.82) is 0 Å². The number of carbonyl (C=O) groups is 2. The zero-order valence-corrected chi connectivity index (χ0v) is 17.7. The van der Waals surface area contributed by atoms with Gasteiger partial charge < -0.3 is 23.7 Å². The quantitative estimate of drug-likeness (QED) is 0.285. The summed E-state index contributed by atoms with van der Waals surface area (Å²) < 4.78 is 27.3. The number of hydrogen-bond acceptors (Lipinski definition) is 7. The molecule has 1 aromatic carbocycles. The van der Waals surface area contributed by atoms with E-state index in [-0.39, 0.29) is 24.3 Å². The molecule has 3 atom stereocenters. The maximum absolute atomic E-state index is 12.1. The molecule has 0 saturated carbocycles. The third kappa shape index (κ3) is 7.52. The van der Waals surface area contributed by atoms with Crippen LogP contribution in [0, 0.1) is 0 Å². The van der Waals surface area contributed by atoms with Gasteiger partial charge >= 0.3 is 11.9 Å². The Morgan fingerprint density at radius 3 is 2.58 bits per heavy atom. The zero-order chi connectivity index (χ0) is 21.9. The number of fused-ring (bicyclic) bond motifs is 1. The van der Waals surface area contributed by atoms with Gasteiger partial charge in [0.1, 0.15) is 11.9 Å². The summed E-state index contributed by atoms with van der Waals surface area (Å²) in [4.78, 5) is 23.0. The van der Waals surface area contributed by atoms with Gasteiger partial charge in [0.15, 0.2) is 6.10 Å². The van der Waals surface area contributed by atoms with E-state index in [2.05, 4.69) is 6.58 Å². The van der Waals surface area contributed by atoms with Crippen molar-refractivity contribution in [3.8, 4) is 5.75 Å². The molecule has 0 radical (unpaired) electrons. The summed E-state index contributed by atoms with van der Waals surface area (Å²) in [6.45, 7) is 5.46. The molecule has 3 rings (SSSR count). The molecule has 0 aromatic heterocycles. The second kappa shape index (κ2) is 12.3. The molecule has 0 bridgehead atoms. The minimum Gasteiger partial charge on any atom is -0.494 e. The summed E-state index contributed by atoms with van der Waals surface area (Å²) in [6, 6.07) is 7.53. The van der Waals surface area contributed by atoms with E-state index in [4.69, 9.17) is 23.7 Å². The van der Waals surface area contributed by atoms with Crippen molar-refractivity contribution < 1.29 is 33.3 Å². The van der Waals surface area contributed by atoms with Gasteiger partial charge in [-0.3, -0.25) is 0 Å². The molecule has 0 N–H and O–H groups in total. The first-order chi connectivity index (χ1) is 15.2. The van der Waals surface area contributed by atoms with Crippen LogP contribution in [-0.4, -0.2) is 56.7 Å². The van der Waals surface area contributed by atoms with Gasteiger partial charge in [0.2, 0.25) is 0 Å². The molecule has 2 saturated heterocycles. The smallest absolute Gasteiger partial charge is 0.331 e. The van der Waals surface area contributed by atoms with Crippen molar-refractivity contribution in [2.75, 3.05) is 26.4 Å². The maximum atomic E-state index is 12.1. The molecule has 0 spiro atoms. The molecule has 1 aromatic rings. The number of rotatable bonds is 12. The van der Waals surface area contributed by atoms with Crippen LogP contribution in [0.15, 0.2) is 43.0 Å². The zero-order valence-electron chi connectivity index (χ0n) is 17.7. The number of hydrogen-bond donors (Lipinski definition) is 0. The molecular weight excluding hydrogens is 400 g/mol. The molecule has 2 heterocycles. The van der Waals surface area contributed by atoms with Crippen molar-refractivity contribution in [3.63, 3.8) is 0 Å². The predicted octanol–water partition coefficient (Wildman–Crippen LogP) is 3.47. The Morgan fingerprint density at radius 1 is 1.03 bits per heavy atom. The van der Waals surface area contributed by atoms with E-state index in [1.807, 2.05) is 24.3 Å². The van der Waals surface area contributed by atoms with E-state index in [0.717, 1.165) is 43.4 Å². The predicted molar refractivity (Wildman–Crippen MR) is 115 cm³/mol. The van der Waals surface area contributed by atoms with Crippen LogP contribution in [0.5, 0.6) is 5.75 Å². The highest BCUT2D eigenvalue weighted by Gasteiger charge is 2.43. The van der Waals surface area contributed by atoms with Crippen LogP contribution in [0.1, 0.15) is 37.7 Å². The fraction of sp³-hybridized carbons (Fsp3) is 0.500. The average Bonchev–Trinajstić information content (AvgIpc) is 3.40. The van der Waals surface area contributed by atoms with Crippen molar-refractivity contribution >= 4 is 18.0 Å². The van der Waals surface area contributed by atoms with Crippen LogP contribution in [0.4, 0.5) is 0 Å². The highest BCUT2D eigenvalue weighted by atomic mass is 16.6. The van der Waals surface area contributed by atoms with Gasteiger partial charge in [-0.25, -0.2) is 9.59 Å². The number of unbranched alkanes of at least 4 members (excludes halogenated alkanes) is 3. The Balaban J connectivity index is 1.28. The van der Waals surface area contributed by atoms with E-state index < -0.39 is 5.97 Å². The lowest BCUT2D eigenvalue weighted by Crippen LogP contribution is -2.31.